The number of nitrogens with one attached hydrogen (secondary N) is 2. The lowest BCUT2D eigenvalue weighted by Gasteiger charge is -2.64. The van der Waals surface area contributed by atoms with E-state index < -0.39 is 0 Å². The lowest BCUT2D eigenvalue weighted by molar-refractivity contribution is -0.163. The van der Waals surface area contributed by atoms with Gasteiger partial charge in [-0.3, -0.25) is 4.79 Å². The molecule has 0 radical (unpaired) electrons. The zero-order valence-electron chi connectivity index (χ0n) is 15.8. The first-order valence-corrected chi connectivity index (χ1v) is 9.93. The molecule has 2 bridgehead atoms. The fourth-order valence-corrected chi connectivity index (χ4v) is 8.01. The van der Waals surface area contributed by atoms with Crippen LogP contribution in [0.1, 0.15) is 74.1 Å². The Hall–Kier alpha value is -0.0900. The van der Waals surface area contributed by atoms with Gasteiger partial charge in [-0.15, -0.1) is 0 Å². The van der Waals surface area contributed by atoms with E-state index in [1.165, 1.54) is 0 Å². The summed E-state index contributed by atoms with van der Waals surface area (Å²) in [6, 6.07) is 0.256. The maximum atomic E-state index is 13.3. The van der Waals surface area contributed by atoms with Crippen LogP contribution in [0.5, 0.6) is 0 Å². The number of alkyl halides is 1. The van der Waals surface area contributed by atoms with E-state index in [9.17, 15) is 4.79 Å². The van der Waals surface area contributed by atoms with E-state index in [-0.39, 0.29) is 39.3 Å². The van der Waals surface area contributed by atoms with E-state index in [4.69, 9.17) is 0 Å². The standard InChI is InChI=1S/C19H33BrN2O/c1-15(2)10-12(11-16(3,4)22-15)21-14(23)19-9-8-18(7,13(19)20)17(19,5)6/h12-13,22H,8-11H2,1-7H3,(H,21,23)/t13-,18-,19+/m0/s1. The minimum Gasteiger partial charge on any atom is -0.353 e. The van der Waals surface area contributed by atoms with E-state index >= 15 is 0 Å². The van der Waals surface area contributed by atoms with Gasteiger partial charge in [-0.25, -0.2) is 0 Å². The molecule has 2 N–H and O–H groups in total. The number of piperidine rings is 1. The number of fused-ring (bicyclic) bond motifs is 1. The predicted octanol–water partition coefficient (Wildman–Crippen LogP) is 4.00. The Morgan fingerprint density at radius 2 is 1.52 bits per heavy atom. The van der Waals surface area contributed by atoms with Crippen molar-refractivity contribution in [3.05, 3.63) is 0 Å². The van der Waals surface area contributed by atoms with Crippen molar-refractivity contribution in [2.75, 3.05) is 0 Å². The van der Waals surface area contributed by atoms with Crippen molar-refractivity contribution in [1.29, 1.82) is 0 Å². The molecule has 0 spiro atoms. The molecular weight excluding hydrogens is 352 g/mol. The first kappa shape index (κ1) is 17.7. The van der Waals surface area contributed by atoms with Crippen LogP contribution in [-0.4, -0.2) is 27.9 Å². The lowest BCUT2D eigenvalue weighted by atomic mass is 9.43. The van der Waals surface area contributed by atoms with Gasteiger partial charge in [-0.1, -0.05) is 36.7 Å². The molecule has 0 unspecified atom stereocenters. The van der Waals surface area contributed by atoms with Crippen LogP contribution in [0.3, 0.4) is 0 Å². The fraction of sp³-hybridized carbons (Fsp3) is 0.947. The topological polar surface area (TPSA) is 41.1 Å². The van der Waals surface area contributed by atoms with Gasteiger partial charge in [0.15, 0.2) is 0 Å². The highest BCUT2D eigenvalue weighted by molar-refractivity contribution is 9.09. The number of hydrogen-bond acceptors (Lipinski definition) is 2. The Morgan fingerprint density at radius 3 is 1.91 bits per heavy atom. The molecule has 1 saturated heterocycles. The van der Waals surface area contributed by atoms with Gasteiger partial charge in [-0.05, 0) is 64.2 Å². The SMILES string of the molecule is CC1(C)CC(NC(=O)[C@@]23CC[C@@](C)([C@@H]2Br)C3(C)C)CC(C)(C)N1. The molecule has 1 aliphatic heterocycles. The van der Waals surface area contributed by atoms with Crippen LogP contribution >= 0.6 is 15.9 Å². The van der Waals surface area contributed by atoms with Gasteiger partial charge in [-0.2, -0.15) is 0 Å². The summed E-state index contributed by atoms with van der Waals surface area (Å²) in [5.74, 6) is 0.276. The average Bonchev–Trinajstić information content (AvgIpc) is 2.73. The summed E-state index contributed by atoms with van der Waals surface area (Å²) in [6.07, 6.45) is 4.13. The third kappa shape index (κ3) is 2.19. The van der Waals surface area contributed by atoms with Crippen LogP contribution in [0.25, 0.3) is 0 Å². The van der Waals surface area contributed by atoms with E-state index in [1.807, 2.05) is 0 Å². The van der Waals surface area contributed by atoms with Crippen LogP contribution < -0.4 is 10.6 Å². The molecule has 1 amide bonds. The zero-order chi connectivity index (χ0) is 17.5. The summed E-state index contributed by atoms with van der Waals surface area (Å²) >= 11 is 3.88. The Bertz CT molecular complexity index is 525. The summed E-state index contributed by atoms with van der Waals surface area (Å²) in [6.45, 7) is 15.8. The normalized spacial score (nSPS) is 43.7. The van der Waals surface area contributed by atoms with Crippen LogP contribution in [0.4, 0.5) is 0 Å². The number of carbonyl (C=O) groups excluding carboxylic acids is 1. The van der Waals surface area contributed by atoms with Gasteiger partial charge >= 0.3 is 0 Å². The fourth-order valence-electron chi connectivity index (χ4n) is 6.20. The molecule has 0 aromatic carbocycles. The van der Waals surface area contributed by atoms with Crippen molar-refractivity contribution >= 4 is 21.8 Å². The van der Waals surface area contributed by atoms with E-state index in [1.54, 1.807) is 0 Å². The quantitative estimate of drug-likeness (QED) is 0.706. The minimum atomic E-state index is -0.235. The average molecular weight is 385 g/mol. The van der Waals surface area contributed by atoms with Crippen molar-refractivity contribution in [2.24, 2.45) is 16.2 Å². The second-order valence-corrected chi connectivity index (χ2v) is 11.3. The molecule has 4 fully saturated rings. The Labute approximate surface area is 149 Å². The maximum Gasteiger partial charge on any atom is 0.228 e. The first-order valence-electron chi connectivity index (χ1n) is 9.02. The largest absolute Gasteiger partial charge is 0.353 e. The Morgan fingerprint density at radius 1 is 1.00 bits per heavy atom. The molecule has 4 aliphatic rings. The molecule has 3 aliphatic carbocycles. The number of hydrogen-bond donors (Lipinski definition) is 2. The smallest absolute Gasteiger partial charge is 0.228 e. The van der Waals surface area contributed by atoms with Gasteiger partial charge in [0.1, 0.15) is 0 Å². The predicted molar refractivity (Wildman–Crippen MR) is 98.7 cm³/mol. The summed E-state index contributed by atoms with van der Waals surface area (Å²) in [5.41, 5.74) is 0.198. The number of rotatable bonds is 2. The van der Waals surface area contributed by atoms with Gasteiger partial charge in [0.05, 0.1) is 5.41 Å². The number of amides is 1. The van der Waals surface area contributed by atoms with Gasteiger partial charge in [0.25, 0.3) is 0 Å². The molecule has 4 rings (SSSR count). The summed E-state index contributed by atoms with van der Waals surface area (Å²) < 4.78 is 0. The van der Waals surface area contributed by atoms with Gasteiger partial charge in [0.2, 0.25) is 5.91 Å². The zero-order valence-corrected chi connectivity index (χ0v) is 17.4. The second-order valence-electron chi connectivity index (χ2n) is 10.3. The molecule has 0 aromatic rings. The van der Waals surface area contributed by atoms with Gasteiger partial charge in [0, 0.05) is 21.9 Å². The van der Waals surface area contributed by atoms with Crippen LogP contribution in [-0.2, 0) is 4.79 Å². The molecule has 132 valence electrons. The monoisotopic (exact) mass is 384 g/mol. The van der Waals surface area contributed by atoms with Crippen molar-refractivity contribution < 1.29 is 4.79 Å². The van der Waals surface area contributed by atoms with Crippen LogP contribution in [0, 0.1) is 16.2 Å². The minimum absolute atomic E-state index is 0.0600. The highest BCUT2D eigenvalue weighted by Crippen LogP contribution is 2.79. The number of carbonyl (C=O) groups is 1. The second kappa shape index (κ2) is 4.75. The van der Waals surface area contributed by atoms with E-state index in [2.05, 4.69) is 75.0 Å². The highest BCUT2D eigenvalue weighted by Gasteiger charge is 2.80. The summed E-state index contributed by atoms with van der Waals surface area (Å²) in [7, 11) is 0. The molecule has 3 saturated carbocycles. The Balaban J connectivity index is 1.78. The lowest BCUT2D eigenvalue weighted by Crippen LogP contribution is -2.71. The van der Waals surface area contributed by atoms with Gasteiger partial charge < -0.3 is 10.6 Å². The van der Waals surface area contributed by atoms with E-state index in [0.717, 1.165) is 25.7 Å². The third-order valence-corrected chi connectivity index (χ3v) is 9.30. The van der Waals surface area contributed by atoms with Crippen LogP contribution in [0.2, 0.25) is 0 Å². The Kier molecular flexibility index (Phi) is 3.66. The molecule has 3 nitrogen and oxygen atoms in total. The molecule has 23 heavy (non-hydrogen) atoms. The third-order valence-electron chi connectivity index (χ3n) is 7.50. The molecule has 4 heteroatoms. The van der Waals surface area contributed by atoms with Crippen molar-refractivity contribution in [1.82, 2.24) is 10.6 Å². The van der Waals surface area contributed by atoms with Crippen molar-refractivity contribution in [3.63, 3.8) is 0 Å². The molecule has 0 aromatic heterocycles. The summed E-state index contributed by atoms with van der Waals surface area (Å²) in [5, 5.41) is 7.14. The van der Waals surface area contributed by atoms with E-state index in [0.29, 0.717) is 4.83 Å². The van der Waals surface area contributed by atoms with Crippen LogP contribution in [0.15, 0.2) is 0 Å². The van der Waals surface area contributed by atoms with Crippen molar-refractivity contribution in [2.45, 2.75) is 96.1 Å². The van der Waals surface area contributed by atoms with Crippen molar-refractivity contribution in [3.8, 4) is 0 Å². The molecule has 3 atom stereocenters. The number of halogens is 1. The maximum absolute atomic E-state index is 13.3. The highest BCUT2D eigenvalue weighted by atomic mass is 79.9. The summed E-state index contributed by atoms with van der Waals surface area (Å²) in [4.78, 5) is 13.6. The molecular formula is C19H33BrN2O. The first-order chi connectivity index (χ1) is 10.3. The molecule has 1 heterocycles.